The molecule has 0 aliphatic rings. The molecule has 0 aliphatic heterocycles. The van der Waals surface area contributed by atoms with Gasteiger partial charge in [0, 0.05) is 38.0 Å². The van der Waals surface area contributed by atoms with E-state index in [0.29, 0.717) is 11.8 Å². The molecule has 1 aromatic carbocycles. The molecular weight excluding hydrogens is 324 g/mol. The first-order valence-electron chi connectivity index (χ1n) is 9.20. The van der Waals surface area contributed by atoms with Crippen molar-refractivity contribution in [2.45, 2.75) is 53.0 Å². The van der Waals surface area contributed by atoms with E-state index in [2.05, 4.69) is 13.8 Å². The zero-order valence-corrected chi connectivity index (χ0v) is 17.1. The van der Waals surface area contributed by atoms with Gasteiger partial charge in [-0.1, -0.05) is 52.0 Å². The van der Waals surface area contributed by atoms with Crippen LogP contribution in [0.4, 0.5) is 0 Å². The van der Waals surface area contributed by atoms with Gasteiger partial charge in [0.05, 0.1) is 0 Å². The highest BCUT2D eigenvalue weighted by Crippen LogP contribution is 2.19. The molecule has 0 saturated heterocycles. The van der Waals surface area contributed by atoms with Crippen LogP contribution in [-0.4, -0.2) is 29.5 Å². The summed E-state index contributed by atoms with van der Waals surface area (Å²) in [6.07, 6.45) is 1.83. The Morgan fingerprint density at radius 3 is 2.00 bits per heavy atom. The number of amides is 1. The van der Waals surface area contributed by atoms with Gasteiger partial charge >= 0.3 is 0 Å². The zero-order valence-electron chi connectivity index (χ0n) is 17.1. The monoisotopic (exact) mass is 356 g/mol. The fraction of sp³-hybridized carbons (Fsp3) is 0.455. The molecule has 1 amide bonds. The number of hydrogen-bond acceptors (Lipinski definition) is 2. The highest BCUT2D eigenvalue weighted by atomic mass is 16.2. The molecule has 2 rings (SSSR count). The molecular formula is C22H32N2O2. The van der Waals surface area contributed by atoms with Gasteiger partial charge in [-0.15, -0.1) is 0 Å². The SMILES string of the molecule is CC(C)c1ccccc1C(=O)N(C)C.CCn1cccc(C(C)C)c1=O. The van der Waals surface area contributed by atoms with Crippen LogP contribution in [0.15, 0.2) is 47.4 Å². The molecule has 0 atom stereocenters. The number of hydrogen-bond donors (Lipinski definition) is 0. The average molecular weight is 357 g/mol. The maximum atomic E-state index is 11.8. The molecule has 2 aromatic rings. The zero-order chi connectivity index (χ0) is 19.9. The number of aryl methyl sites for hydroxylation is 1. The lowest BCUT2D eigenvalue weighted by atomic mass is 9.97. The Bertz CT molecular complexity index is 774. The number of carbonyl (C=O) groups is 1. The van der Waals surface area contributed by atoms with E-state index < -0.39 is 0 Å². The van der Waals surface area contributed by atoms with Gasteiger partial charge < -0.3 is 9.47 Å². The second-order valence-electron chi connectivity index (χ2n) is 7.15. The van der Waals surface area contributed by atoms with Crippen LogP contribution in [0.3, 0.4) is 0 Å². The molecule has 0 bridgehead atoms. The minimum absolute atomic E-state index is 0.0781. The second-order valence-corrected chi connectivity index (χ2v) is 7.15. The molecule has 142 valence electrons. The summed E-state index contributed by atoms with van der Waals surface area (Å²) in [5.41, 5.74) is 2.98. The van der Waals surface area contributed by atoms with Crippen LogP contribution >= 0.6 is 0 Å². The Balaban J connectivity index is 0.000000263. The molecule has 0 unspecified atom stereocenters. The lowest BCUT2D eigenvalue weighted by Gasteiger charge is -2.15. The first-order chi connectivity index (χ1) is 12.2. The fourth-order valence-electron chi connectivity index (χ4n) is 2.68. The summed E-state index contributed by atoms with van der Waals surface area (Å²) < 4.78 is 1.73. The van der Waals surface area contributed by atoms with Gasteiger partial charge in [-0.05, 0) is 36.5 Å². The third kappa shape index (κ3) is 5.58. The predicted molar refractivity (Wildman–Crippen MR) is 109 cm³/mol. The van der Waals surface area contributed by atoms with E-state index in [0.717, 1.165) is 23.2 Å². The first kappa shape index (κ1) is 21.7. The van der Waals surface area contributed by atoms with Crippen LogP contribution in [0.5, 0.6) is 0 Å². The standard InChI is InChI=1S/C12H17NO.C10H15NO/c1-9(2)10-7-5-6-8-11(10)12(14)13(3)4;1-4-11-7-5-6-9(8(2)3)10(11)12/h5-9H,1-4H3;5-8H,4H2,1-3H3. The van der Waals surface area contributed by atoms with Gasteiger partial charge in [-0.3, -0.25) is 9.59 Å². The smallest absolute Gasteiger partial charge is 0.253 e. The van der Waals surface area contributed by atoms with E-state index in [1.165, 1.54) is 0 Å². The van der Waals surface area contributed by atoms with Gasteiger partial charge in [0.1, 0.15) is 0 Å². The largest absolute Gasteiger partial charge is 0.345 e. The normalized spacial score (nSPS) is 10.5. The quantitative estimate of drug-likeness (QED) is 0.809. The number of carbonyl (C=O) groups excluding carboxylic acids is 1. The molecule has 4 nitrogen and oxygen atoms in total. The topological polar surface area (TPSA) is 42.3 Å². The third-order valence-electron chi connectivity index (χ3n) is 4.23. The summed E-state index contributed by atoms with van der Waals surface area (Å²) in [6, 6.07) is 11.6. The highest BCUT2D eigenvalue weighted by molar-refractivity contribution is 5.95. The predicted octanol–water partition coefficient (Wildman–Crippen LogP) is 4.50. The highest BCUT2D eigenvalue weighted by Gasteiger charge is 2.14. The number of nitrogens with zero attached hydrogens (tertiary/aromatic N) is 2. The molecule has 0 aliphatic carbocycles. The van der Waals surface area contributed by atoms with Gasteiger partial charge in [-0.2, -0.15) is 0 Å². The summed E-state index contributed by atoms with van der Waals surface area (Å²) in [7, 11) is 3.55. The van der Waals surface area contributed by atoms with E-state index in [1.807, 2.05) is 63.4 Å². The Labute approximate surface area is 157 Å². The van der Waals surface area contributed by atoms with E-state index in [9.17, 15) is 9.59 Å². The summed E-state index contributed by atoms with van der Waals surface area (Å²) in [4.78, 5) is 25.0. The van der Waals surface area contributed by atoms with Crippen LogP contribution < -0.4 is 5.56 Å². The average Bonchev–Trinajstić information content (AvgIpc) is 2.61. The van der Waals surface area contributed by atoms with Crippen molar-refractivity contribution in [2.75, 3.05) is 14.1 Å². The Morgan fingerprint density at radius 2 is 1.50 bits per heavy atom. The van der Waals surface area contributed by atoms with Crippen LogP contribution in [-0.2, 0) is 6.54 Å². The summed E-state index contributed by atoms with van der Waals surface area (Å²) >= 11 is 0. The lowest BCUT2D eigenvalue weighted by molar-refractivity contribution is 0.0826. The Hall–Kier alpha value is -2.36. The van der Waals surface area contributed by atoms with E-state index >= 15 is 0 Å². The summed E-state index contributed by atoms with van der Waals surface area (Å²) in [5.74, 6) is 0.779. The summed E-state index contributed by atoms with van der Waals surface area (Å²) in [5, 5.41) is 0. The second kappa shape index (κ2) is 9.95. The molecule has 0 spiro atoms. The number of pyridine rings is 1. The fourth-order valence-corrected chi connectivity index (χ4v) is 2.68. The minimum atomic E-state index is 0.0781. The first-order valence-corrected chi connectivity index (χ1v) is 9.20. The van der Waals surface area contributed by atoms with E-state index in [1.54, 1.807) is 23.6 Å². The molecule has 0 saturated carbocycles. The van der Waals surface area contributed by atoms with Crippen molar-refractivity contribution in [3.05, 3.63) is 69.6 Å². The van der Waals surface area contributed by atoms with Crippen molar-refractivity contribution in [3.8, 4) is 0 Å². The summed E-state index contributed by atoms with van der Waals surface area (Å²) in [6.45, 7) is 11.0. The molecule has 4 heteroatoms. The Kier molecular flexibility index (Phi) is 8.30. The molecule has 0 radical (unpaired) electrons. The lowest BCUT2D eigenvalue weighted by Crippen LogP contribution is -2.23. The van der Waals surface area contributed by atoms with Crippen molar-refractivity contribution < 1.29 is 4.79 Å². The maximum Gasteiger partial charge on any atom is 0.253 e. The molecule has 1 heterocycles. The van der Waals surface area contributed by atoms with Gasteiger partial charge in [0.25, 0.3) is 11.5 Å². The minimum Gasteiger partial charge on any atom is -0.345 e. The molecule has 26 heavy (non-hydrogen) atoms. The van der Waals surface area contributed by atoms with Crippen molar-refractivity contribution in [3.63, 3.8) is 0 Å². The molecule has 1 aromatic heterocycles. The van der Waals surface area contributed by atoms with Crippen molar-refractivity contribution in [2.24, 2.45) is 0 Å². The number of rotatable bonds is 4. The van der Waals surface area contributed by atoms with Gasteiger partial charge in [0.2, 0.25) is 0 Å². The van der Waals surface area contributed by atoms with E-state index in [4.69, 9.17) is 0 Å². The molecule has 0 fully saturated rings. The number of benzene rings is 1. The van der Waals surface area contributed by atoms with E-state index in [-0.39, 0.29) is 11.5 Å². The van der Waals surface area contributed by atoms with Crippen LogP contribution in [0.1, 0.15) is 67.9 Å². The number of aromatic nitrogens is 1. The Morgan fingerprint density at radius 1 is 0.962 bits per heavy atom. The van der Waals surface area contributed by atoms with Crippen LogP contribution in [0, 0.1) is 0 Å². The van der Waals surface area contributed by atoms with Crippen molar-refractivity contribution in [1.29, 1.82) is 0 Å². The van der Waals surface area contributed by atoms with Crippen LogP contribution in [0.2, 0.25) is 0 Å². The van der Waals surface area contributed by atoms with Crippen LogP contribution in [0.25, 0.3) is 0 Å². The molecule has 0 N–H and O–H groups in total. The third-order valence-corrected chi connectivity index (χ3v) is 4.23. The maximum absolute atomic E-state index is 11.8. The van der Waals surface area contributed by atoms with Gasteiger partial charge in [-0.25, -0.2) is 0 Å². The van der Waals surface area contributed by atoms with Crippen molar-refractivity contribution in [1.82, 2.24) is 9.47 Å². The van der Waals surface area contributed by atoms with Crippen molar-refractivity contribution >= 4 is 5.91 Å². The van der Waals surface area contributed by atoms with Gasteiger partial charge in [0.15, 0.2) is 0 Å².